The number of amides is 1. The first-order chi connectivity index (χ1) is 10.5. The Bertz CT molecular complexity index is 569. The van der Waals surface area contributed by atoms with Gasteiger partial charge in [0, 0.05) is 20.3 Å². The summed E-state index contributed by atoms with van der Waals surface area (Å²) in [6.07, 6.45) is 4.04. The molecule has 0 spiro atoms. The maximum absolute atomic E-state index is 13.8. The topological polar surface area (TPSA) is 75.6 Å². The standard InChI is InChI=1S/C16H20FNO4/c1-22-8-7-16(5-2-6-16)10-18-14(19)12-4-3-11(15(20)21)9-13(12)17/h3-4,9H,2,5-8,10H2,1H3,(H,18,19)(H,20,21). The molecule has 0 atom stereocenters. The van der Waals surface area contributed by atoms with Gasteiger partial charge in [-0.05, 0) is 42.9 Å². The summed E-state index contributed by atoms with van der Waals surface area (Å²) in [6.45, 7) is 1.12. The van der Waals surface area contributed by atoms with Gasteiger partial charge in [-0.25, -0.2) is 9.18 Å². The molecule has 0 saturated heterocycles. The van der Waals surface area contributed by atoms with E-state index in [1.807, 2.05) is 0 Å². The molecule has 120 valence electrons. The third-order valence-corrected chi connectivity index (χ3v) is 4.34. The third kappa shape index (κ3) is 3.62. The van der Waals surface area contributed by atoms with Crippen LogP contribution in [0, 0.1) is 11.2 Å². The minimum Gasteiger partial charge on any atom is -0.478 e. The smallest absolute Gasteiger partial charge is 0.335 e. The highest BCUT2D eigenvalue weighted by Crippen LogP contribution is 2.43. The van der Waals surface area contributed by atoms with Gasteiger partial charge < -0.3 is 15.2 Å². The summed E-state index contributed by atoms with van der Waals surface area (Å²) in [5, 5.41) is 11.5. The Morgan fingerprint density at radius 1 is 1.41 bits per heavy atom. The molecule has 1 amide bonds. The van der Waals surface area contributed by atoms with Crippen molar-refractivity contribution < 1.29 is 23.8 Å². The van der Waals surface area contributed by atoms with Crippen molar-refractivity contribution in [1.82, 2.24) is 5.32 Å². The predicted octanol–water partition coefficient (Wildman–Crippen LogP) is 2.46. The van der Waals surface area contributed by atoms with E-state index in [4.69, 9.17) is 9.84 Å². The number of aromatic carboxylic acids is 1. The maximum Gasteiger partial charge on any atom is 0.335 e. The Labute approximate surface area is 128 Å². The number of ether oxygens (including phenoxy) is 1. The lowest BCUT2D eigenvalue weighted by atomic mass is 9.66. The molecule has 2 rings (SSSR count). The van der Waals surface area contributed by atoms with Gasteiger partial charge in [0.05, 0.1) is 11.1 Å². The molecule has 2 N–H and O–H groups in total. The first-order valence-corrected chi connectivity index (χ1v) is 7.27. The summed E-state index contributed by atoms with van der Waals surface area (Å²) in [5.41, 5.74) is -0.265. The van der Waals surface area contributed by atoms with E-state index < -0.39 is 17.7 Å². The molecular weight excluding hydrogens is 289 g/mol. The van der Waals surface area contributed by atoms with Gasteiger partial charge in [0.1, 0.15) is 5.82 Å². The van der Waals surface area contributed by atoms with E-state index in [1.165, 1.54) is 12.1 Å². The molecule has 1 aliphatic carbocycles. The zero-order valence-corrected chi connectivity index (χ0v) is 12.5. The van der Waals surface area contributed by atoms with Crippen LogP contribution in [0.3, 0.4) is 0 Å². The predicted molar refractivity (Wildman–Crippen MR) is 78.5 cm³/mol. The van der Waals surface area contributed by atoms with E-state index in [9.17, 15) is 14.0 Å². The molecule has 1 fully saturated rings. The quantitative estimate of drug-likeness (QED) is 0.811. The van der Waals surface area contributed by atoms with E-state index in [-0.39, 0.29) is 16.5 Å². The van der Waals surface area contributed by atoms with Gasteiger partial charge in [-0.3, -0.25) is 4.79 Å². The molecule has 6 heteroatoms. The fourth-order valence-corrected chi connectivity index (χ4v) is 2.71. The van der Waals surface area contributed by atoms with E-state index >= 15 is 0 Å². The number of carboxylic acid groups (broad SMARTS) is 1. The van der Waals surface area contributed by atoms with Crippen LogP contribution in [-0.4, -0.2) is 37.2 Å². The fraction of sp³-hybridized carbons (Fsp3) is 0.500. The van der Waals surface area contributed by atoms with Crippen molar-refractivity contribution in [2.24, 2.45) is 5.41 Å². The molecule has 0 aromatic heterocycles. The van der Waals surface area contributed by atoms with Gasteiger partial charge in [-0.15, -0.1) is 0 Å². The lowest BCUT2D eigenvalue weighted by molar-refractivity contribution is 0.0629. The minimum absolute atomic E-state index is 0.0448. The molecule has 0 radical (unpaired) electrons. The average molecular weight is 309 g/mol. The van der Waals surface area contributed by atoms with Crippen LogP contribution in [0.25, 0.3) is 0 Å². The summed E-state index contributed by atoms with van der Waals surface area (Å²) in [4.78, 5) is 22.8. The van der Waals surface area contributed by atoms with Crippen molar-refractivity contribution in [3.63, 3.8) is 0 Å². The summed E-state index contributed by atoms with van der Waals surface area (Å²) < 4.78 is 18.9. The Hall–Kier alpha value is -1.95. The van der Waals surface area contributed by atoms with Crippen LogP contribution < -0.4 is 5.32 Å². The number of hydrogen-bond acceptors (Lipinski definition) is 3. The number of carboxylic acids is 1. The van der Waals surface area contributed by atoms with Crippen molar-refractivity contribution in [3.05, 3.63) is 35.1 Å². The van der Waals surface area contributed by atoms with Crippen LogP contribution in [0.4, 0.5) is 4.39 Å². The van der Waals surface area contributed by atoms with Crippen molar-refractivity contribution in [2.45, 2.75) is 25.7 Å². The third-order valence-electron chi connectivity index (χ3n) is 4.34. The minimum atomic E-state index is -1.22. The molecule has 0 unspecified atom stereocenters. The van der Waals surface area contributed by atoms with E-state index in [0.717, 1.165) is 31.7 Å². The summed E-state index contributed by atoms with van der Waals surface area (Å²) >= 11 is 0. The second-order valence-electron chi connectivity index (χ2n) is 5.78. The summed E-state index contributed by atoms with van der Waals surface area (Å²) in [7, 11) is 1.64. The van der Waals surface area contributed by atoms with Crippen LogP contribution >= 0.6 is 0 Å². The number of nitrogens with one attached hydrogen (secondary N) is 1. The molecular formula is C16H20FNO4. The highest BCUT2D eigenvalue weighted by atomic mass is 19.1. The molecule has 5 nitrogen and oxygen atoms in total. The monoisotopic (exact) mass is 309 g/mol. The van der Waals surface area contributed by atoms with Gasteiger partial charge >= 0.3 is 5.97 Å². The number of rotatable bonds is 7. The number of methoxy groups -OCH3 is 1. The highest BCUT2D eigenvalue weighted by Gasteiger charge is 2.36. The Morgan fingerprint density at radius 2 is 2.14 bits per heavy atom. The zero-order chi connectivity index (χ0) is 16.2. The maximum atomic E-state index is 13.8. The van der Waals surface area contributed by atoms with E-state index in [0.29, 0.717) is 13.2 Å². The first kappa shape index (κ1) is 16.4. The van der Waals surface area contributed by atoms with Gasteiger partial charge in [-0.2, -0.15) is 0 Å². The summed E-state index contributed by atoms with van der Waals surface area (Å²) in [5.74, 6) is -2.56. The second kappa shape index (κ2) is 6.87. The van der Waals surface area contributed by atoms with Crippen molar-refractivity contribution >= 4 is 11.9 Å². The van der Waals surface area contributed by atoms with Gasteiger partial charge in [0.15, 0.2) is 0 Å². The number of benzene rings is 1. The lowest BCUT2D eigenvalue weighted by Gasteiger charge is -2.42. The van der Waals surface area contributed by atoms with Crippen LogP contribution in [0.2, 0.25) is 0 Å². The first-order valence-electron chi connectivity index (χ1n) is 7.27. The van der Waals surface area contributed by atoms with Gasteiger partial charge in [0.2, 0.25) is 0 Å². The SMILES string of the molecule is COCCC1(CNC(=O)c2ccc(C(=O)O)cc2F)CCC1. The molecule has 1 saturated carbocycles. The fourth-order valence-electron chi connectivity index (χ4n) is 2.71. The van der Waals surface area contributed by atoms with Crippen molar-refractivity contribution in [1.29, 1.82) is 0 Å². The van der Waals surface area contributed by atoms with Crippen LogP contribution in [0.15, 0.2) is 18.2 Å². The number of hydrogen-bond donors (Lipinski definition) is 2. The molecule has 0 aliphatic heterocycles. The van der Waals surface area contributed by atoms with Crippen LogP contribution in [0.1, 0.15) is 46.4 Å². The molecule has 0 bridgehead atoms. The molecule has 22 heavy (non-hydrogen) atoms. The zero-order valence-electron chi connectivity index (χ0n) is 12.5. The second-order valence-corrected chi connectivity index (χ2v) is 5.78. The van der Waals surface area contributed by atoms with Gasteiger partial charge in [-0.1, -0.05) is 6.42 Å². The van der Waals surface area contributed by atoms with E-state index in [2.05, 4.69) is 5.32 Å². The Kier molecular flexibility index (Phi) is 5.13. The van der Waals surface area contributed by atoms with Crippen LogP contribution in [-0.2, 0) is 4.74 Å². The Morgan fingerprint density at radius 3 is 2.64 bits per heavy atom. The molecule has 1 aromatic rings. The van der Waals surface area contributed by atoms with Crippen molar-refractivity contribution in [3.8, 4) is 0 Å². The molecule has 1 aliphatic rings. The number of halogens is 1. The van der Waals surface area contributed by atoms with Crippen LogP contribution in [0.5, 0.6) is 0 Å². The number of carbonyl (C=O) groups excluding carboxylic acids is 1. The largest absolute Gasteiger partial charge is 0.478 e. The summed E-state index contributed by atoms with van der Waals surface area (Å²) in [6, 6.07) is 3.29. The molecule has 0 heterocycles. The van der Waals surface area contributed by atoms with E-state index in [1.54, 1.807) is 7.11 Å². The highest BCUT2D eigenvalue weighted by molar-refractivity contribution is 5.96. The Balaban J connectivity index is 1.99. The normalized spacial score (nSPS) is 15.9. The lowest BCUT2D eigenvalue weighted by Crippen LogP contribution is -2.43. The average Bonchev–Trinajstić information content (AvgIpc) is 2.45. The number of carbonyl (C=O) groups is 2. The molecule has 1 aromatic carbocycles. The van der Waals surface area contributed by atoms with Gasteiger partial charge in [0.25, 0.3) is 5.91 Å². The van der Waals surface area contributed by atoms with Crippen molar-refractivity contribution in [2.75, 3.05) is 20.3 Å².